The van der Waals surface area contributed by atoms with Crippen LogP contribution in [0.4, 0.5) is 11.4 Å². The summed E-state index contributed by atoms with van der Waals surface area (Å²) in [5.74, 6) is 0.177. The predicted molar refractivity (Wildman–Crippen MR) is 137 cm³/mol. The number of fused-ring (bicyclic) bond motifs is 1. The fraction of sp³-hybridized carbons (Fsp3) is 0.250. The zero-order valence-electron chi connectivity index (χ0n) is 18.7. The monoisotopic (exact) mass is 476 g/mol. The first-order valence-electron chi connectivity index (χ1n) is 11.2. The Balaban J connectivity index is 1.76. The van der Waals surface area contributed by atoms with Crippen LogP contribution in [0.1, 0.15) is 43.9 Å². The largest absolute Gasteiger partial charge is 0.357 e. The first-order chi connectivity index (χ1) is 15.8. The van der Waals surface area contributed by atoms with Gasteiger partial charge in [0.1, 0.15) is 0 Å². The quantitative estimate of drug-likeness (QED) is 0.418. The molecule has 3 aromatic rings. The third kappa shape index (κ3) is 4.28. The minimum absolute atomic E-state index is 0.103. The highest BCUT2D eigenvalue weighted by Gasteiger charge is 2.41. The summed E-state index contributed by atoms with van der Waals surface area (Å²) in [5.41, 5.74) is 5.90. The molecule has 5 rings (SSSR count). The van der Waals surface area contributed by atoms with Crippen molar-refractivity contribution in [2.45, 2.75) is 39.3 Å². The number of benzene rings is 3. The first-order valence-corrected chi connectivity index (χ1v) is 12.0. The van der Waals surface area contributed by atoms with E-state index in [1.807, 2.05) is 48.5 Å². The van der Waals surface area contributed by atoms with Gasteiger partial charge in [-0.25, -0.2) is 0 Å². The van der Waals surface area contributed by atoms with Crippen molar-refractivity contribution in [1.29, 1.82) is 0 Å². The van der Waals surface area contributed by atoms with Gasteiger partial charge in [0.2, 0.25) is 0 Å². The third-order valence-electron chi connectivity index (χ3n) is 6.46. The van der Waals surface area contributed by atoms with Crippen LogP contribution in [0, 0.1) is 5.41 Å². The number of hydrogen-bond donors (Lipinski definition) is 1. The summed E-state index contributed by atoms with van der Waals surface area (Å²) < 4.78 is 0. The van der Waals surface area contributed by atoms with Crippen LogP contribution in [0.15, 0.2) is 84.1 Å². The van der Waals surface area contributed by atoms with Gasteiger partial charge in [0.15, 0.2) is 5.78 Å². The zero-order valence-corrected chi connectivity index (χ0v) is 20.3. The number of nitrogens with one attached hydrogen (secondary N) is 1. The molecule has 0 amide bonds. The number of nitrogens with zero attached hydrogens (tertiary/aromatic N) is 1. The van der Waals surface area contributed by atoms with Gasteiger partial charge in [-0.1, -0.05) is 85.6 Å². The average molecular weight is 477 g/mol. The van der Waals surface area contributed by atoms with Gasteiger partial charge in [0, 0.05) is 24.2 Å². The minimum Gasteiger partial charge on any atom is -0.357 e. The SMILES string of the molecule is CC1(C)CC(=O)C2=C(C1)Nc1ccccc1N(Cc1ccccc1)[C@@H]2c1ccc(Cl)c(Cl)c1. The lowest BCUT2D eigenvalue weighted by molar-refractivity contribution is -0.118. The van der Waals surface area contributed by atoms with Gasteiger partial charge in [0.05, 0.1) is 27.5 Å². The van der Waals surface area contributed by atoms with Crippen molar-refractivity contribution in [2.24, 2.45) is 5.41 Å². The van der Waals surface area contributed by atoms with Crippen molar-refractivity contribution < 1.29 is 4.79 Å². The number of carbonyl (C=O) groups is 1. The molecule has 1 atom stereocenters. The second-order valence-corrected chi connectivity index (χ2v) is 10.5. The van der Waals surface area contributed by atoms with E-state index in [1.165, 1.54) is 5.56 Å². The van der Waals surface area contributed by atoms with E-state index in [0.29, 0.717) is 23.0 Å². The van der Waals surface area contributed by atoms with Crippen LogP contribution in [0.5, 0.6) is 0 Å². The molecule has 3 nitrogen and oxygen atoms in total. The summed E-state index contributed by atoms with van der Waals surface area (Å²) in [6.45, 7) is 4.96. The maximum Gasteiger partial charge on any atom is 0.163 e. The number of halogens is 2. The van der Waals surface area contributed by atoms with Gasteiger partial charge in [-0.15, -0.1) is 0 Å². The molecule has 1 aliphatic carbocycles. The second kappa shape index (κ2) is 8.55. The summed E-state index contributed by atoms with van der Waals surface area (Å²) in [6.07, 6.45) is 1.32. The molecule has 3 aromatic carbocycles. The molecule has 168 valence electrons. The van der Waals surface area contributed by atoms with E-state index in [2.05, 4.69) is 48.3 Å². The van der Waals surface area contributed by atoms with Crippen molar-refractivity contribution >= 4 is 40.4 Å². The van der Waals surface area contributed by atoms with Crippen LogP contribution in [-0.4, -0.2) is 5.78 Å². The molecule has 0 saturated carbocycles. The normalized spacial score (nSPS) is 19.5. The van der Waals surface area contributed by atoms with E-state index < -0.39 is 0 Å². The van der Waals surface area contributed by atoms with Crippen LogP contribution in [0.3, 0.4) is 0 Å². The number of Topliss-reactive ketones (excluding diaryl/α,β-unsaturated/α-hetero) is 1. The Morgan fingerprint density at radius 2 is 1.67 bits per heavy atom. The van der Waals surface area contributed by atoms with Crippen LogP contribution < -0.4 is 10.2 Å². The Bertz CT molecular complexity index is 1250. The highest BCUT2D eigenvalue weighted by atomic mass is 35.5. The van der Waals surface area contributed by atoms with E-state index in [1.54, 1.807) is 0 Å². The number of para-hydroxylation sites is 2. The number of allylic oxidation sites excluding steroid dienone is 1. The van der Waals surface area contributed by atoms with E-state index in [0.717, 1.165) is 34.6 Å². The van der Waals surface area contributed by atoms with Crippen LogP contribution in [0.2, 0.25) is 10.0 Å². The maximum atomic E-state index is 13.7. The lowest BCUT2D eigenvalue weighted by atomic mass is 9.73. The van der Waals surface area contributed by atoms with Gasteiger partial charge >= 0.3 is 0 Å². The average Bonchev–Trinajstić information content (AvgIpc) is 2.90. The molecule has 0 spiro atoms. The maximum absolute atomic E-state index is 13.7. The molecule has 0 radical (unpaired) electrons. The van der Waals surface area contributed by atoms with Crippen LogP contribution >= 0.6 is 23.2 Å². The van der Waals surface area contributed by atoms with Gasteiger partial charge in [-0.05, 0) is 47.2 Å². The Morgan fingerprint density at radius 3 is 2.42 bits per heavy atom. The summed E-state index contributed by atoms with van der Waals surface area (Å²) in [4.78, 5) is 16.0. The molecule has 1 aliphatic heterocycles. The molecular formula is C28H26Cl2N2O. The molecule has 1 N–H and O–H groups in total. The Labute approximate surface area is 205 Å². The molecule has 0 aromatic heterocycles. The Hall–Kier alpha value is -2.75. The molecule has 0 bridgehead atoms. The van der Waals surface area contributed by atoms with Crippen molar-refractivity contribution in [1.82, 2.24) is 0 Å². The highest BCUT2D eigenvalue weighted by molar-refractivity contribution is 6.42. The molecule has 2 aliphatic rings. The zero-order chi connectivity index (χ0) is 23.2. The topological polar surface area (TPSA) is 32.3 Å². The fourth-order valence-electron chi connectivity index (χ4n) is 5.04. The van der Waals surface area contributed by atoms with Crippen molar-refractivity contribution in [3.63, 3.8) is 0 Å². The summed E-state index contributed by atoms with van der Waals surface area (Å²) in [5, 5.41) is 4.64. The predicted octanol–water partition coefficient (Wildman–Crippen LogP) is 7.81. The first kappa shape index (κ1) is 22.1. The fourth-order valence-corrected chi connectivity index (χ4v) is 5.34. The molecule has 0 unspecified atom stereocenters. The summed E-state index contributed by atoms with van der Waals surface area (Å²) in [6, 6.07) is 24.0. The van der Waals surface area contributed by atoms with E-state index in [-0.39, 0.29) is 17.2 Å². The van der Waals surface area contributed by atoms with E-state index in [4.69, 9.17) is 23.2 Å². The van der Waals surface area contributed by atoms with Gasteiger partial charge < -0.3 is 10.2 Å². The van der Waals surface area contributed by atoms with E-state index in [9.17, 15) is 4.79 Å². The smallest absolute Gasteiger partial charge is 0.163 e. The third-order valence-corrected chi connectivity index (χ3v) is 7.20. The van der Waals surface area contributed by atoms with Crippen LogP contribution in [0.25, 0.3) is 0 Å². The number of rotatable bonds is 3. The lowest BCUT2D eigenvalue weighted by Gasteiger charge is -2.38. The molecule has 1 heterocycles. The lowest BCUT2D eigenvalue weighted by Crippen LogP contribution is -2.36. The highest BCUT2D eigenvalue weighted by Crippen LogP contribution is 2.49. The molecule has 0 saturated heterocycles. The number of anilines is 2. The van der Waals surface area contributed by atoms with Crippen molar-refractivity contribution in [3.05, 3.63) is 105 Å². The molecule has 0 fully saturated rings. The van der Waals surface area contributed by atoms with Gasteiger partial charge in [0.25, 0.3) is 0 Å². The van der Waals surface area contributed by atoms with E-state index >= 15 is 0 Å². The number of ketones is 1. The Kier molecular flexibility index (Phi) is 5.72. The standard InChI is InChI=1S/C28H26Cl2N2O/c1-28(2)15-23-26(25(33)16-28)27(19-12-13-20(29)21(30)14-19)32(17-18-8-4-3-5-9-18)24-11-7-6-10-22(24)31-23/h3-14,27,31H,15-17H2,1-2H3/t27-/m1/s1. The summed E-state index contributed by atoms with van der Waals surface area (Å²) >= 11 is 12.7. The number of carbonyl (C=O) groups excluding carboxylic acids is 1. The van der Waals surface area contributed by atoms with Crippen LogP contribution in [-0.2, 0) is 11.3 Å². The van der Waals surface area contributed by atoms with Gasteiger partial charge in [-0.2, -0.15) is 0 Å². The molecule has 5 heteroatoms. The van der Waals surface area contributed by atoms with Crippen molar-refractivity contribution in [2.75, 3.05) is 10.2 Å². The molecule has 33 heavy (non-hydrogen) atoms. The summed E-state index contributed by atoms with van der Waals surface area (Å²) in [7, 11) is 0. The second-order valence-electron chi connectivity index (χ2n) is 9.66. The van der Waals surface area contributed by atoms with Gasteiger partial charge in [-0.3, -0.25) is 4.79 Å². The van der Waals surface area contributed by atoms with Crippen molar-refractivity contribution in [3.8, 4) is 0 Å². The Morgan fingerprint density at radius 1 is 0.939 bits per heavy atom. The number of hydrogen-bond acceptors (Lipinski definition) is 3. The minimum atomic E-state index is -0.283. The molecular weight excluding hydrogens is 451 g/mol.